The maximum absolute atomic E-state index is 5.29. The SMILES string of the molecule is c1ccc(-c2ccc(-c3nc(-c4ccccc4)nc(-c4cc(-c5ccc6c7ccccc7c7ccccc7c6c5)cc(-c5cc6ccccc6c6ccccc56)c4)n3)cc2)cc1. The van der Waals surface area contributed by atoms with Gasteiger partial charge in [-0.1, -0.05) is 194 Å². The quantitative estimate of drug-likeness (QED) is 0.158. The van der Waals surface area contributed by atoms with Gasteiger partial charge in [-0.3, -0.25) is 0 Å². The maximum Gasteiger partial charge on any atom is 0.164 e. The summed E-state index contributed by atoms with van der Waals surface area (Å²) in [7, 11) is 0. The highest BCUT2D eigenvalue weighted by Gasteiger charge is 2.18. The van der Waals surface area contributed by atoms with Crippen LogP contribution >= 0.6 is 0 Å². The van der Waals surface area contributed by atoms with E-state index in [0.29, 0.717) is 17.5 Å². The number of hydrogen-bond acceptors (Lipinski definition) is 3. The van der Waals surface area contributed by atoms with Crippen molar-refractivity contribution < 1.29 is 0 Å². The van der Waals surface area contributed by atoms with Crippen LogP contribution in [0.5, 0.6) is 0 Å². The minimum Gasteiger partial charge on any atom is -0.208 e. The van der Waals surface area contributed by atoms with Crippen molar-refractivity contribution in [3.8, 4) is 67.5 Å². The van der Waals surface area contributed by atoms with Crippen LogP contribution in [-0.4, -0.2) is 15.0 Å². The molecule has 0 saturated carbocycles. The van der Waals surface area contributed by atoms with E-state index in [2.05, 4.69) is 200 Å². The monoisotopic (exact) mass is 787 g/mol. The Hall–Kier alpha value is -8.27. The lowest BCUT2D eigenvalue weighted by Gasteiger charge is -2.16. The van der Waals surface area contributed by atoms with E-state index in [4.69, 9.17) is 15.0 Å². The van der Waals surface area contributed by atoms with Crippen LogP contribution in [-0.2, 0) is 0 Å². The van der Waals surface area contributed by atoms with Crippen molar-refractivity contribution in [1.82, 2.24) is 15.0 Å². The molecule has 3 heteroatoms. The predicted octanol–water partition coefficient (Wildman–Crippen LogP) is 15.6. The molecule has 12 aromatic rings. The number of hydrogen-bond donors (Lipinski definition) is 0. The Bertz CT molecular complexity index is 3640. The fourth-order valence-electron chi connectivity index (χ4n) is 9.25. The van der Waals surface area contributed by atoms with Crippen LogP contribution in [0.3, 0.4) is 0 Å². The molecule has 0 unspecified atom stereocenters. The smallest absolute Gasteiger partial charge is 0.164 e. The van der Waals surface area contributed by atoms with E-state index in [9.17, 15) is 0 Å². The highest BCUT2D eigenvalue weighted by Crippen LogP contribution is 2.41. The first kappa shape index (κ1) is 35.7. The second kappa shape index (κ2) is 14.8. The molecule has 0 bridgehead atoms. The van der Waals surface area contributed by atoms with Gasteiger partial charge < -0.3 is 0 Å². The van der Waals surface area contributed by atoms with E-state index in [-0.39, 0.29) is 0 Å². The van der Waals surface area contributed by atoms with Crippen molar-refractivity contribution in [1.29, 1.82) is 0 Å². The largest absolute Gasteiger partial charge is 0.208 e. The molecule has 1 heterocycles. The zero-order valence-corrected chi connectivity index (χ0v) is 33.7. The van der Waals surface area contributed by atoms with Gasteiger partial charge in [-0.15, -0.1) is 0 Å². The van der Waals surface area contributed by atoms with Gasteiger partial charge in [0.1, 0.15) is 0 Å². The van der Waals surface area contributed by atoms with Crippen LogP contribution < -0.4 is 0 Å². The summed E-state index contributed by atoms with van der Waals surface area (Å²) in [6.07, 6.45) is 0. The van der Waals surface area contributed by atoms with E-state index >= 15 is 0 Å². The van der Waals surface area contributed by atoms with Gasteiger partial charge in [-0.2, -0.15) is 0 Å². The first-order valence-corrected chi connectivity index (χ1v) is 21.1. The van der Waals surface area contributed by atoms with Crippen molar-refractivity contribution in [2.24, 2.45) is 0 Å². The number of benzene rings is 11. The topological polar surface area (TPSA) is 38.7 Å². The average Bonchev–Trinajstić information content (AvgIpc) is 3.36. The summed E-state index contributed by atoms with van der Waals surface area (Å²) < 4.78 is 0. The molecule has 288 valence electrons. The number of aromatic nitrogens is 3. The minimum absolute atomic E-state index is 0.617. The molecule has 62 heavy (non-hydrogen) atoms. The molecule has 11 aromatic carbocycles. The summed E-state index contributed by atoms with van der Waals surface area (Å²) >= 11 is 0. The molecule has 0 saturated heterocycles. The Morgan fingerprint density at radius 1 is 0.194 bits per heavy atom. The van der Waals surface area contributed by atoms with E-state index < -0.39 is 0 Å². The third kappa shape index (κ3) is 6.18. The summed E-state index contributed by atoms with van der Waals surface area (Å²) in [5.41, 5.74) is 9.56. The first-order valence-electron chi connectivity index (χ1n) is 21.1. The van der Waals surface area contributed by atoms with Crippen molar-refractivity contribution >= 4 is 53.9 Å². The van der Waals surface area contributed by atoms with Gasteiger partial charge in [0.05, 0.1) is 0 Å². The first-order chi connectivity index (χ1) is 30.7. The average molecular weight is 788 g/mol. The van der Waals surface area contributed by atoms with E-state index in [0.717, 1.165) is 44.5 Å². The lowest BCUT2D eigenvalue weighted by atomic mass is 9.89. The molecular weight excluding hydrogens is 751 g/mol. The van der Waals surface area contributed by atoms with Gasteiger partial charge in [-0.05, 0) is 118 Å². The van der Waals surface area contributed by atoms with Crippen LogP contribution in [0.25, 0.3) is 121 Å². The molecule has 1 aromatic heterocycles. The highest BCUT2D eigenvalue weighted by atomic mass is 15.0. The van der Waals surface area contributed by atoms with Crippen LogP contribution in [0.15, 0.2) is 224 Å². The second-order valence-corrected chi connectivity index (χ2v) is 16.0. The Morgan fingerprint density at radius 3 is 1.21 bits per heavy atom. The molecule has 0 spiro atoms. The molecule has 0 N–H and O–H groups in total. The Balaban J connectivity index is 1.11. The normalized spacial score (nSPS) is 11.5. The fourth-order valence-corrected chi connectivity index (χ4v) is 9.25. The maximum atomic E-state index is 5.29. The van der Waals surface area contributed by atoms with Crippen LogP contribution in [0.1, 0.15) is 0 Å². The molecule has 0 atom stereocenters. The van der Waals surface area contributed by atoms with Crippen LogP contribution in [0.4, 0.5) is 0 Å². The molecule has 3 nitrogen and oxygen atoms in total. The molecule has 0 aliphatic carbocycles. The minimum atomic E-state index is 0.617. The number of rotatable bonds is 6. The van der Waals surface area contributed by atoms with Crippen molar-refractivity contribution in [2.45, 2.75) is 0 Å². The molecule has 0 aliphatic rings. The van der Waals surface area contributed by atoms with Crippen molar-refractivity contribution in [3.05, 3.63) is 224 Å². The van der Waals surface area contributed by atoms with Gasteiger partial charge in [0, 0.05) is 16.7 Å². The Kier molecular flexibility index (Phi) is 8.50. The summed E-state index contributed by atoms with van der Waals surface area (Å²) in [4.78, 5) is 15.6. The van der Waals surface area contributed by atoms with E-state index in [1.54, 1.807) is 0 Å². The molecule has 0 fully saturated rings. The molecule has 0 radical (unpaired) electrons. The Labute approximate surface area is 359 Å². The highest BCUT2D eigenvalue weighted by molar-refractivity contribution is 6.25. The van der Waals surface area contributed by atoms with Crippen LogP contribution in [0, 0.1) is 0 Å². The third-order valence-electron chi connectivity index (χ3n) is 12.3. The molecular formula is C59H37N3. The van der Waals surface area contributed by atoms with E-state index in [1.807, 2.05) is 24.3 Å². The van der Waals surface area contributed by atoms with Crippen molar-refractivity contribution in [2.75, 3.05) is 0 Å². The van der Waals surface area contributed by atoms with Gasteiger partial charge >= 0.3 is 0 Å². The summed E-state index contributed by atoms with van der Waals surface area (Å²) in [6, 6.07) is 80.2. The predicted molar refractivity (Wildman–Crippen MR) is 260 cm³/mol. The molecule has 12 rings (SSSR count). The Morgan fingerprint density at radius 2 is 0.581 bits per heavy atom. The summed E-state index contributed by atoms with van der Waals surface area (Å²) in [5, 5.41) is 12.4. The molecule has 0 aliphatic heterocycles. The third-order valence-corrected chi connectivity index (χ3v) is 12.3. The standard InChI is InChI=1S/C59H37N3/c1-3-15-38(16-4-1)39-27-29-41(30-28-39)58-60-57(40-17-5-2-6-18-40)61-59(62-58)46-34-44(33-45(35-46)55-37-43-19-7-8-20-47(43)48-21-9-13-25-52(48)55)42-31-32-54-51-24-11-10-22-49(51)50-23-12-14-26-53(50)56(54)36-42/h1-37H. The van der Waals surface area contributed by atoms with Crippen molar-refractivity contribution in [3.63, 3.8) is 0 Å². The second-order valence-electron chi connectivity index (χ2n) is 16.0. The lowest BCUT2D eigenvalue weighted by Crippen LogP contribution is -2.00. The zero-order valence-electron chi connectivity index (χ0n) is 33.7. The van der Waals surface area contributed by atoms with Gasteiger partial charge in [0.2, 0.25) is 0 Å². The van der Waals surface area contributed by atoms with E-state index in [1.165, 1.54) is 59.4 Å². The van der Waals surface area contributed by atoms with Crippen LogP contribution in [0.2, 0.25) is 0 Å². The number of fused-ring (bicyclic) bond motifs is 9. The van der Waals surface area contributed by atoms with Gasteiger partial charge in [0.25, 0.3) is 0 Å². The molecule has 0 amide bonds. The summed E-state index contributed by atoms with van der Waals surface area (Å²) in [5.74, 6) is 1.87. The summed E-state index contributed by atoms with van der Waals surface area (Å²) in [6.45, 7) is 0. The lowest BCUT2D eigenvalue weighted by molar-refractivity contribution is 1.07. The number of nitrogens with zero attached hydrogens (tertiary/aromatic N) is 3. The zero-order chi connectivity index (χ0) is 41.0. The fraction of sp³-hybridized carbons (Fsp3) is 0. The van der Waals surface area contributed by atoms with Gasteiger partial charge in [-0.25, -0.2) is 15.0 Å². The van der Waals surface area contributed by atoms with Gasteiger partial charge in [0.15, 0.2) is 17.5 Å².